The highest BCUT2D eigenvalue weighted by atomic mass is 32.2. The molecule has 0 fully saturated rings. The Kier molecular flexibility index (Phi) is 7.94. The molecular formula is C22H27N3O5S2. The predicted molar refractivity (Wildman–Crippen MR) is 126 cm³/mol. The van der Waals surface area contributed by atoms with Gasteiger partial charge in [-0.25, -0.2) is 17.7 Å². The third kappa shape index (κ3) is 5.32. The maximum absolute atomic E-state index is 13.1. The van der Waals surface area contributed by atoms with Crippen LogP contribution in [0.3, 0.4) is 0 Å². The molecule has 172 valence electrons. The molecule has 32 heavy (non-hydrogen) atoms. The summed E-state index contributed by atoms with van der Waals surface area (Å²) in [6.07, 6.45) is 0. The molecule has 0 aliphatic heterocycles. The first-order valence-electron chi connectivity index (χ1n) is 10.0. The Morgan fingerprint density at radius 1 is 1.12 bits per heavy atom. The van der Waals surface area contributed by atoms with Gasteiger partial charge in [-0.15, -0.1) is 0 Å². The van der Waals surface area contributed by atoms with Crippen LogP contribution in [0.1, 0.15) is 13.0 Å². The number of aromatic nitrogens is 2. The van der Waals surface area contributed by atoms with Crippen LogP contribution in [0.25, 0.3) is 10.9 Å². The average Bonchev–Trinajstić information content (AvgIpc) is 2.77. The highest BCUT2D eigenvalue weighted by molar-refractivity contribution is 7.99. The molecule has 0 saturated carbocycles. The summed E-state index contributed by atoms with van der Waals surface area (Å²) < 4.78 is 38.1. The van der Waals surface area contributed by atoms with Crippen molar-refractivity contribution < 1.29 is 17.9 Å². The van der Waals surface area contributed by atoms with E-state index in [1.165, 1.54) is 42.3 Å². The normalized spacial score (nSPS) is 12.9. The van der Waals surface area contributed by atoms with Crippen molar-refractivity contribution in [1.82, 2.24) is 13.9 Å². The summed E-state index contributed by atoms with van der Waals surface area (Å²) in [6, 6.07) is 13.4. The number of fused-ring (bicyclic) bond motifs is 1. The molecule has 0 radical (unpaired) electrons. The van der Waals surface area contributed by atoms with Crippen LogP contribution in [0.5, 0.6) is 5.75 Å². The van der Waals surface area contributed by atoms with E-state index in [2.05, 4.69) is 4.98 Å². The molecule has 1 heterocycles. The van der Waals surface area contributed by atoms with Gasteiger partial charge in [-0.1, -0.05) is 23.9 Å². The van der Waals surface area contributed by atoms with Crippen molar-refractivity contribution in [3.8, 4) is 5.75 Å². The van der Waals surface area contributed by atoms with Crippen molar-refractivity contribution in [3.63, 3.8) is 0 Å². The van der Waals surface area contributed by atoms with Crippen molar-refractivity contribution in [3.05, 3.63) is 58.9 Å². The molecule has 0 bridgehead atoms. The Balaban J connectivity index is 1.71. The molecular weight excluding hydrogens is 450 g/mol. The SMILES string of the molecule is COCC(C)n1c(SCCOc2ccc(S(=O)(=O)N(C)C)cc2)nc2ccccc2c1=O. The lowest BCUT2D eigenvalue weighted by Gasteiger charge is -2.19. The van der Waals surface area contributed by atoms with Gasteiger partial charge in [-0.3, -0.25) is 9.36 Å². The van der Waals surface area contributed by atoms with Crippen LogP contribution in [0.4, 0.5) is 0 Å². The smallest absolute Gasteiger partial charge is 0.262 e. The lowest BCUT2D eigenvalue weighted by molar-refractivity contribution is 0.156. The third-order valence-electron chi connectivity index (χ3n) is 4.81. The standard InChI is InChI=1S/C22H27N3O5S2/c1-16(15-29-4)25-21(26)19-7-5-6-8-20(19)23-22(25)31-14-13-30-17-9-11-18(12-10-17)32(27,28)24(2)3/h5-12,16H,13-15H2,1-4H3. The number of benzene rings is 2. The molecule has 3 aromatic rings. The topological polar surface area (TPSA) is 90.7 Å². The lowest BCUT2D eigenvalue weighted by Crippen LogP contribution is -2.28. The maximum Gasteiger partial charge on any atom is 0.262 e. The van der Waals surface area contributed by atoms with Crippen LogP contribution in [0, 0.1) is 0 Å². The first kappa shape index (κ1) is 24.2. The van der Waals surface area contributed by atoms with Crippen molar-refractivity contribution in [1.29, 1.82) is 0 Å². The summed E-state index contributed by atoms with van der Waals surface area (Å²) >= 11 is 1.43. The van der Waals surface area contributed by atoms with E-state index in [1.54, 1.807) is 29.9 Å². The summed E-state index contributed by atoms with van der Waals surface area (Å²) in [7, 11) is 1.11. The van der Waals surface area contributed by atoms with Crippen molar-refractivity contribution in [2.24, 2.45) is 0 Å². The van der Waals surface area contributed by atoms with Gasteiger partial charge in [0.05, 0.1) is 35.1 Å². The van der Waals surface area contributed by atoms with Crippen LogP contribution in [0.15, 0.2) is 63.4 Å². The fraction of sp³-hybridized carbons (Fsp3) is 0.364. The van der Waals surface area contributed by atoms with Gasteiger partial charge >= 0.3 is 0 Å². The Bertz CT molecular complexity index is 1220. The lowest BCUT2D eigenvalue weighted by atomic mass is 10.2. The minimum Gasteiger partial charge on any atom is -0.493 e. The molecule has 0 aliphatic rings. The predicted octanol–water partition coefficient (Wildman–Crippen LogP) is 3.03. The van der Waals surface area contributed by atoms with E-state index in [0.717, 1.165) is 0 Å². The quantitative estimate of drug-likeness (QED) is 0.252. The Hall–Kier alpha value is -2.40. The molecule has 0 aliphatic carbocycles. The van der Waals surface area contributed by atoms with Gasteiger partial charge in [0.25, 0.3) is 5.56 Å². The molecule has 0 saturated heterocycles. The zero-order valence-corrected chi connectivity index (χ0v) is 20.1. The van der Waals surface area contributed by atoms with Gasteiger partial charge in [-0.05, 0) is 43.3 Å². The first-order valence-corrected chi connectivity index (χ1v) is 12.5. The van der Waals surface area contributed by atoms with Gasteiger partial charge < -0.3 is 9.47 Å². The number of sulfonamides is 1. The van der Waals surface area contributed by atoms with Gasteiger partial charge in [0.15, 0.2) is 5.16 Å². The number of para-hydroxylation sites is 1. The monoisotopic (exact) mass is 477 g/mol. The second kappa shape index (κ2) is 10.5. The summed E-state index contributed by atoms with van der Waals surface area (Å²) in [5.74, 6) is 1.13. The van der Waals surface area contributed by atoms with Gasteiger partial charge in [-0.2, -0.15) is 0 Å². The van der Waals surface area contributed by atoms with E-state index in [-0.39, 0.29) is 16.5 Å². The van der Waals surface area contributed by atoms with E-state index < -0.39 is 10.0 Å². The summed E-state index contributed by atoms with van der Waals surface area (Å²) in [6.45, 7) is 2.68. The zero-order chi connectivity index (χ0) is 23.3. The first-order chi connectivity index (χ1) is 15.3. The molecule has 0 spiro atoms. The Morgan fingerprint density at radius 3 is 2.47 bits per heavy atom. The van der Waals surface area contributed by atoms with Crippen LogP contribution >= 0.6 is 11.8 Å². The number of nitrogens with zero attached hydrogens (tertiary/aromatic N) is 3. The Morgan fingerprint density at radius 2 is 1.81 bits per heavy atom. The number of hydrogen-bond acceptors (Lipinski definition) is 7. The number of ether oxygens (including phenoxy) is 2. The molecule has 1 aromatic heterocycles. The zero-order valence-electron chi connectivity index (χ0n) is 18.5. The second-order valence-corrected chi connectivity index (χ2v) is 10.6. The van der Waals surface area contributed by atoms with Gasteiger partial charge in [0.1, 0.15) is 5.75 Å². The molecule has 10 heteroatoms. The van der Waals surface area contributed by atoms with Crippen molar-refractivity contribution in [2.45, 2.75) is 23.0 Å². The fourth-order valence-corrected chi connectivity index (χ4v) is 4.96. The number of rotatable bonds is 10. The van der Waals surface area contributed by atoms with Crippen LogP contribution in [-0.4, -0.2) is 62.4 Å². The highest BCUT2D eigenvalue weighted by Gasteiger charge is 2.18. The number of methoxy groups -OCH3 is 1. The van der Waals surface area contributed by atoms with Gasteiger partial charge in [0.2, 0.25) is 10.0 Å². The highest BCUT2D eigenvalue weighted by Crippen LogP contribution is 2.22. The van der Waals surface area contributed by atoms with Crippen molar-refractivity contribution in [2.75, 3.05) is 40.2 Å². The van der Waals surface area contributed by atoms with E-state index in [0.29, 0.717) is 40.8 Å². The number of hydrogen-bond donors (Lipinski definition) is 0. The van der Waals surface area contributed by atoms with E-state index in [9.17, 15) is 13.2 Å². The minimum absolute atomic E-state index is 0.0961. The van der Waals surface area contributed by atoms with Crippen LogP contribution in [-0.2, 0) is 14.8 Å². The van der Waals surface area contributed by atoms with E-state index in [1.807, 2.05) is 25.1 Å². The maximum atomic E-state index is 13.1. The fourth-order valence-electron chi connectivity index (χ4n) is 3.14. The minimum atomic E-state index is -3.47. The third-order valence-corrected chi connectivity index (χ3v) is 7.56. The van der Waals surface area contributed by atoms with Gasteiger partial charge in [0, 0.05) is 27.0 Å². The molecule has 0 amide bonds. The number of thioether (sulfide) groups is 1. The molecule has 2 aromatic carbocycles. The van der Waals surface area contributed by atoms with Crippen LogP contribution < -0.4 is 10.3 Å². The summed E-state index contributed by atoms with van der Waals surface area (Å²) in [4.78, 5) is 17.9. The van der Waals surface area contributed by atoms with Crippen LogP contribution in [0.2, 0.25) is 0 Å². The Labute approximate surface area is 192 Å². The largest absolute Gasteiger partial charge is 0.493 e. The van der Waals surface area contributed by atoms with E-state index in [4.69, 9.17) is 9.47 Å². The second-order valence-electron chi connectivity index (χ2n) is 7.35. The molecule has 1 unspecified atom stereocenters. The molecule has 1 atom stereocenters. The average molecular weight is 478 g/mol. The molecule has 3 rings (SSSR count). The molecule has 0 N–H and O–H groups in total. The summed E-state index contributed by atoms with van der Waals surface area (Å²) in [5, 5.41) is 1.18. The van der Waals surface area contributed by atoms with E-state index >= 15 is 0 Å². The summed E-state index contributed by atoms with van der Waals surface area (Å²) in [5.41, 5.74) is 0.556. The molecule has 8 nitrogen and oxygen atoms in total. The van der Waals surface area contributed by atoms with Crippen molar-refractivity contribution >= 4 is 32.7 Å².